The van der Waals surface area contributed by atoms with Gasteiger partial charge in [0.1, 0.15) is 5.75 Å². The summed E-state index contributed by atoms with van der Waals surface area (Å²) in [7, 11) is 1.35. The lowest BCUT2D eigenvalue weighted by atomic mass is 10.1. The molecule has 0 heterocycles. The van der Waals surface area contributed by atoms with Crippen molar-refractivity contribution in [2.75, 3.05) is 25.6 Å². The van der Waals surface area contributed by atoms with Crippen LogP contribution in [0, 0.1) is 18.6 Å². The van der Waals surface area contributed by atoms with Crippen LogP contribution in [0.5, 0.6) is 5.75 Å². The van der Waals surface area contributed by atoms with Crippen LogP contribution in [0.4, 0.5) is 14.5 Å². The zero-order chi connectivity index (χ0) is 13.0. The number of methoxy groups -OCH3 is 1. The van der Waals surface area contributed by atoms with Crippen LogP contribution in [0.3, 0.4) is 0 Å². The molecule has 0 fully saturated rings. The normalized spacial score (nSPS) is 12.4. The SMILES string of the molecule is COc1cc(NCC(O)CO)c(F)c(F)c1C. The molecule has 0 saturated heterocycles. The fourth-order valence-electron chi connectivity index (χ4n) is 1.33. The lowest BCUT2D eigenvalue weighted by Crippen LogP contribution is -2.23. The maximum Gasteiger partial charge on any atom is 0.182 e. The van der Waals surface area contributed by atoms with Gasteiger partial charge >= 0.3 is 0 Å². The van der Waals surface area contributed by atoms with Gasteiger partial charge in [0, 0.05) is 18.2 Å². The van der Waals surface area contributed by atoms with Crippen molar-refractivity contribution >= 4 is 5.69 Å². The van der Waals surface area contributed by atoms with Gasteiger partial charge in [-0.3, -0.25) is 0 Å². The second-order valence-electron chi connectivity index (χ2n) is 3.60. The quantitative estimate of drug-likeness (QED) is 0.727. The summed E-state index contributed by atoms with van der Waals surface area (Å²) in [5.41, 5.74) is -0.0318. The van der Waals surface area contributed by atoms with Crippen molar-refractivity contribution < 1.29 is 23.7 Å². The summed E-state index contributed by atoms with van der Waals surface area (Å²) < 4.78 is 31.8. The van der Waals surface area contributed by atoms with Gasteiger partial charge < -0.3 is 20.3 Å². The number of rotatable bonds is 5. The van der Waals surface area contributed by atoms with Crippen molar-refractivity contribution in [3.63, 3.8) is 0 Å². The molecule has 0 aliphatic rings. The Balaban J connectivity index is 2.96. The molecule has 0 aliphatic heterocycles. The molecule has 6 heteroatoms. The summed E-state index contributed by atoms with van der Waals surface area (Å²) in [5, 5.41) is 20.2. The van der Waals surface area contributed by atoms with Crippen molar-refractivity contribution in [2.24, 2.45) is 0 Å². The Hall–Kier alpha value is -1.40. The third-order valence-corrected chi connectivity index (χ3v) is 2.36. The van der Waals surface area contributed by atoms with E-state index in [-0.39, 0.29) is 23.5 Å². The number of nitrogens with one attached hydrogen (secondary N) is 1. The second-order valence-corrected chi connectivity index (χ2v) is 3.60. The van der Waals surface area contributed by atoms with Crippen LogP contribution in [0.25, 0.3) is 0 Å². The van der Waals surface area contributed by atoms with E-state index < -0.39 is 24.3 Å². The summed E-state index contributed by atoms with van der Waals surface area (Å²) in [6.07, 6.45) is -1.04. The number of hydrogen-bond donors (Lipinski definition) is 3. The number of benzene rings is 1. The van der Waals surface area contributed by atoms with Crippen LogP contribution in [0.15, 0.2) is 6.07 Å². The molecule has 0 bridgehead atoms. The van der Waals surface area contributed by atoms with E-state index in [2.05, 4.69) is 5.32 Å². The fraction of sp³-hybridized carbons (Fsp3) is 0.455. The zero-order valence-electron chi connectivity index (χ0n) is 9.63. The molecule has 4 nitrogen and oxygen atoms in total. The molecule has 1 aromatic rings. The van der Waals surface area contributed by atoms with Gasteiger partial charge in [-0.25, -0.2) is 8.78 Å². The summed E-state index contributed by atoms with van der Waals surface area (Å²) in [6, 6.07) is 1.30. The van der Waals surface area contributed by atoms with Gasteiger partial charge in [-0.15, -0.1) is 0 Å². The molecule has 17 heavy (non-hydrogen) atoms. The number of anilines is 1. The van der Waals surface area contributed by atoms with E-state index >= 15 is 0 Å². The molecular formula is C11H15F2NO3. The van der Waals surface area contributed by atoms with Crippen LogP contribution in [0.1, 0.15) is 5.56 Å². The smallest absolute Gasteiger partial charge is 0.182 e. The average molecular weight is 247 g/mol. The largest absolute Gasteiger partial charge is 0.496 e. The minimum absolute atomic E-state index is 0.0817. The van der Waals surface area contributed by atoms with Crippen LogP contribution >= 0.6 is 0 Å². The van der Waals surface area contributed by atoms with Gasteiger partial charge in [-0.1, -0.05) is 0 Å². The van der Waals surface area contributed by atoms with E-state index in [1.165, 1.54) is 20.1 Å². The first kappa shape index (κ1) is 13.7. The Labute approximate surface area is 97.8 Å². The molecule has 96 valence electrons. The number of halogens is 2. The predicted octanol–water partition coefficient (Wildman–Crippen LogP) is 1.05. The van der Waals surface area contributed by atoms with Gasteiger partial charge in [0.25, 0.3) is 0 Å². The lowest BCUT2D eigenvalue weighted by molar-refractivity contribution is 0.105. The molecule has 1 unspecified atom stereocenters. The minimum Gasteiger partial charge on any atom is -0.496 e. The number of ether oxygens (including phenoxy) is 1. The average Bonchev–Trinajstić information content (AvgIpc) is 2.34. The maximum absolute atomic E-state index is 13.5. The Morgan fingerprint density at radius 1 is 1.41 bits per heavy atom. The van der Waals surface area contributed by atoms with Gasteiger partial charge in [-0.05, 0) is 6.92 Å². The molecule has 0 aromatic heterocycles. The summed E-state index contributed by atoms with van der Waals surface area (Å²) in [4.78, 5) is 0. The highest BCUT2D eigenvalue weighted by Crippen LogP contribution is 2.29. The van der Waals surface area contributed by atoms with E-state index in [1.807, 2.05) is 0 Å². The van der Waals surface area contributed by atoms with Crippen LogP contribution < -0.4 is 10.1 Å². The van der Waals surface area contributed by atoms with E-state index in [9.17, 15) is 8.78 Å². The second kappa shape index (κ2) is 5.79. The van der Waals surface area contributed by atoms with Crippen molar-refractivity contribution in [3.05, 3.63) is 23.3 Å². The lowest BCUT2D eigenvalue weighted by Gasteiger charge is -2.14. The van der Waals surface area contributed by atoms with Crippen molar-refractivity contribution in [2.45, 2.75) is 13.0 Å². The molecule has 0 spiro atoms. The van der Waals surface area contributed by atoms with Gasteiger partial charge in [0.2, 0.25) is 0 Å². The molecule has 1 rings (SSSR count). The van der Waals surface area contributed by atoms with Gasteiger partial charge in [0.15, 0.2) is 11.6 Å². The Bertz CT molecular complexity index is 399. The summed E-state index contributed by atoms with van der Waals surface area (Å²) in [5.74, 6) is -1.82. The van der Waals surface area contributed by atoms with Gasteiger partial charge in [-0.2, -0.15) is 0 Å². The number of hydrogen-bond acceptors (Lipinski definition) is 4. The van der Waals surface area contributed by atoms with E-state index in [0.29, 0.717) is 0 Å². The molecule has 0 saturated carbocycles. The monoisotopic (exact) mass is 247 g/mol. The first-order valence-corrected chi connectivity index (χ1v) is 5.06. The number of aliphatic hydroxyl groups is 2. The number of aliphatic hydroxyl groups excluding tert-OH is 2. The highest BCUT2D eigenvalue weighted by Gasteiger charge is 2.16. The van der Waals surface area contributed by atoms with Gasteiger partial charge in [0.05, 0.1) is 25.5 Å². The van der Waals surface area contributed by atoms with Crippen molar-refractivity contribution in [1.82, 2.24) is 0 Å². The summed E-state index contributed by atoms with van der Waals surface area (Å²) >= 11 is 0. The fourth-order valence-corrected chi connectivity index (χ4v) is 1.33. The third-order valence-electron chi connectivity index (χ3n) is 2.36. The Morgan fingerprint density at radius 3 is 2.59 bits per heavy atom. The first-order valence-electron chi connectivity index (χ1n) is 5.06. The standard InChI is InChI=1S/C11H15F2NO3/c1-6-9(17-2)3-8(11(13)10(6)12)14-4-7(16)5-15/h3,7,14-16H,4-5H2,1-2H3. The Morgan fingerprint density at radius 2 is 2.06 bits per heavy atom. The Kier molecular flexibility index (Phi) is 4.65. The summed E-state index contributed by atoms with van der Waals surface area (Å²) in [6.45, 7) is 0.864. The molecule has 0 aliphatic carbocycles. The van der Waals surface area contributed by atoms with Crippen molar-refractivity contribution in [3.8, 4) is 5.75 Å². The zero-order valence-corrected chi connectivity index (χ0v) is 9.63. The molecule has 0 amide bonds. The van der Waals surface area contributed by atoms with E-state index in [4.69, 9.17) is 14.9 Å². The highest BCUT2D eigenvalue weighted by atomic mass is 19.2. The molecular weight excluding hydrogens is 232 g/mol. The van der Waals surface area contributed by atoms with Crippen LogP contribution in [0.2, 0.25) is 0 Å². The molecule has 0 radical (unpaired) electrons. The van der Waals surface area contributed by atoms with E-state index in [1.54, 1.807) is 0 Å². The highest BCUT2D eigenvalue weighted by molar-refractivity contribution is 5.53. The maximum atomic E-state index is 13.5. The third kappa shape index (κ3) is 3.04. The van der Waals surface area contributed by atoms with Crippen LogP contribution in [-0.2, 0) is 0 Å². The van der Waals surface area contributed by atoms with Crippen molar-refractivity contribution in [1.29, 1.82) is 0 Å². The first-order chi connectivity index (χ1) is 8.01. The molecule has 3 N–H and O–H groups in total. The van der Waals surface area contributed by atoms with E-state index in [0.717, 1.165) is 0 Å². The molecule has 1 atom stereocenters. The molecule has 1 aromatic carbocycles. The predicted molar refractivity (Wildman–Crippen MR) is 59.2 cm³/mol. The topological polar surface area (TPSA) is 61.7 Å². The minimum atomic E-state index is -1.04. The van der Waals surface area contributed by atoms with Crippen LogP contribution in [-0.4, -0.2) is 36.6 Å².